The fraction of sp³-hybridized carbons (Fsp3) is 0.308. The molecule has 13 heteroatoms. The van der Waals surface area contributed by atoms with Crippen molar-refractivity contribution in [2.24, 2.45) is 0 Å². The molecule has 0 saturated carbocycles. The zero-order valence-electron chi connectivity index (χ0n) is 12.6. The van der Waals surface area contributed by atoms with Crippen LogP contribution in [0.3, 0.4) is 0 Å². The summed E-state index contributed by atoms with van der Waals surface area (Å²) in [6.45, 7) is -3.51. The number of hydrogen-bond donors (Lipinski definition) is 2. The molecule has 1 heterocycles. The van der Waals surface area contributed by atoms with Gasteiger partial charge in [0.25, 0.3) is 0 Å². The molecule has 2 rings (SSSR count). The van der Waals surface area contributed by atoms with Gasteiger partial charge in [0.05, 0.1) is 0 Å². The normalized spacial score (nSPS) is 11.9. The van der Waals surface area contributed by atoms with E-state index in [9.17, 15) is 31.4 Å². The molecule has 1 aromatic carbocycles. The van der Waals surface area contributed by atoms with Crippen molar-refractivity contribution in [1.29, 1.82) is 0 Å². The molecule has 0 aliphatic heterocycles. The van der Waals surface area contributed by atoms with Gasteiger partial charge in [-0.15, -0.1) is 4.98 Å². The largest absolute Gasteiger partial charge is 0.508 e. The summed E-state index contributed by atoms with van der Waals surface area (Å²) in [5.74, 6) is -0.477. The Hall–Kier alpha value is -2.99. The number of aromatic nitrogens is 3. The molecule has 2 aromatic rings. The van der Waals surface area contributed by atoms with Crippen LogP contribution in [0.4, 0.5) is 38.0 Å². The van der Waals surface area contributed by atoms with Crippen LogP contribution < -0.4 is 14.8 Å². The number of benzene rings is 1. The maximum atomic E-state index is 12.2. The topological polar surface area (TPSA) is 89.4 Å². The summed E-state index contributed by atoms with van der Waals surface area (Å²) in [7, 11) is 0. The quantitative estimate of drug-likeness (QED) is 0.584. The van der Waals surface area contributed by atoms with Crippen molar-refractivity contribution < 1.29 is 40.9 Å². The molecule has 0 amide bonds. The van der Waals surface area contributed by atoms with Crippen molar-refractivity contribution >= 4 is 11.6 Å². The highest BCUT2D eigenvalue weighted by Gasteiger charge is 2.31. The minimum Gasteiger partial charge on any atom is -0.508 e. The number of nitrogens with one attached hydrogen (secondary N) is 1. The summed E-state index contributed by atoms with van der Waals surface area (Å²) < 4.78 is 81.9. The van der Waals surface area contributed by atoms with E-state index in [2.05, 4.69) is 29.7 Å². The standard InChI is InChI=1S/C13H10F6N4O3/c14-12(15,16)5-25-10-21-9(20-7-1-3-8(24)4-2-7)22-11(23-10)26-6-13(17,18)19/h1-4,24H,5-6H2,(H,20,21,22,23). The van der Waals surface area contributed by atoms with Crippen molar-refractivity contribution in [2.45, 2.75) is 12.4 Å². The van der Waals surface area contributed by atoms with Gasteiger partial charge < -0.3 is 19.9 Å². The first-order valence-corrected chi connectivity index (χ1v) is 6.71. The number of nitrogens with zero attached hydrogens (tertiary/aromatic N) is 3. The van der Waals surface area contributed by atoms with Gasteiger partial charge in [0.2, 0.25) is 5.95 Å². The van der Waals surface area contributed by atoms with Crippen LogP contribution in [0.2, 0.25) is 0 Å². The number of hydrogen-bond acceptors (Lipinski definition) is 7. The van der Waals surface area contributed by atoms with Crippen molar-refractivity contribution in [2.75, 3.05) is 18.5 Å². The monoisotopic (exact) mass is 384 g/mol. The van der Waals surface area contributed by atoms with E-state index >= 15 is 0 Å². The Morgan fingerprint density at radius 1 is 0.808 bits per heavy atom. The predicted octanol–water partition coefficient (Wildman–Crippen LogP) is 3.20. The van der Waals surface area contributed by atoms with E-state index in [1.165, 1.54) is 24.3 Å². The maximum Gasteiger partial charge on any atom is 0.422 e. The van der Waals surface area contributed by atoms with E-state index < -0.39 is 43.5 Å². The van der Waals surface area contributed by atoms with Crippen LogP contribution in [0.15, 0.2) is 24.3 Å². The van der Waals surface area contributed by atoms with Crippen LogP contribution in [0.25, 0.3) is 0 Å². The molecular formula is C13H10F6N4O3. The average Bonchev–Trinajstić information content (AvgIpc) is 2.52. The minimum atomic E-state index is -4.70. The zero-order chi connectivity index (χ0) is 19.4. The lowest BCUT2D eigenvalue weighted by Gasteiger charge is -2.12. The first kappa shape index (κ1) is 19.3. The van der Waals surface area contributed by atoms with E-state index in [1.54, 1.807) is 0 Å². The Bertz CT molecular complexity index is 700. The molecule has 2 N–H and O–H groups in total. The van der Waals surface area contributed by atoms with Crippen molar-refractivity contribution in [1.82, 2.24) is 15.0 Å². The van der Waals surface area contributed by atoms with E-state index in [0.717, 1.165) is 0 Å². The summed E-state index contributed by atoms with van der Waals surface area (Å²) in [6, 6.07) is 3.54. The van der Waals surface area contributed by atoms with E-state index in [4.69, 9.17) is 0 Å². The lowest BCUT2D eigenvalue weighted by molar-refractivity contribution is -0.156. The number of ether oxygens (including phenoxy) is 2. The van der Waals surface area contributed by atoms with Crippen molar-refractivity contribution in [3.05, 3.63) is 24.3 Å². The molecule has 0 saturated heterocycles. The summed E-state index contributed by atoms with van der Waals surface area (Å²) in [4.78, 5) is 10.3. The van der Waals surface area contributed by atoms with Gasteiger partial charge in [-0.2, -0.15) is 36.3 Å². The Labute approximate surface area is 141 Å². The first-order valence-electron chi connectivity index (χ1n) is 6.71. The van der Waals surface area contributed by atoms with Crippen LogP contribution >= 0.6 is 0 Å². The number of anilines is 2. The molecule has 0 atom stereocenters. The number of phenols is 1. The second-order valence-corrected chi connectivity index (χ2v) is 4.70. The Balaban J connectivity index is 2.22. The predicted molar refractivity (Wildman–Crippen MR) is 74.3 cm³/mol. The molecule has 7 nitrogen and oxygen atoms in total. The van der Waals surface area contributed by atoms with Gasteiger partial charge in [-0.3, -0.25) is 0 Å². The third-order valence-electron chi connectivity index (χ3n) is 2.45. The second kappa shape index (κ2) is 7.49. The number of alkyl halides is 6. The molecule has 0 spiro atoms. The highest BCUT2D eigenvalue weighted by Crippen LogP contribution is 2.23. The zero-order valence-corrected chi connectivity index (χ0v) is 12.6. The van der Waals surface area contributed by atoms with Crippen LogP contribution in [-0.4, -0.2) is 45.6 Å². The molecule has 0 bridgehead atoms. The Morgan fingerprint density at radius 2 is 1.27 bits per heavy atom. The van der Waals surface area contributed by atoms with Crippen molar-refractivity contribution in [3.8, 4) is 17.8 Å². The molecule has 26 heavy (non-hydrogen) atoms. The molecule has 0 aliphatic rings. The third-order valence-corrected chi connectivity index (χ3v) is 2.45. The van der Waals surface area contributed by atoms with E-state index in [0.29, 0.717) is 0 Å². The highest BCUT2D eigenvalue weighted by atomic mass is 19.4. The molecule has 0 unspecified atom stereocenters. The molecule has 0 fully saturated rings. The fourth-order valence-corrected chi connectivity index (χ4v) is 1.49. The SMILES string of the molecule is Oc1ccc(Nc2nc(OCC(F)(F)F)nc(OCC(F)(F)F)n2)cc1. The van der Waals surface area contributed by atoms with E-state index in [-0.39, 0.29) is 11.4 Å². The number of rotatable bonds is 6. The fourth-order valence-electron chi connectivity index (χ4n) is 1.49. The smallest absolute Gasteiger partial charge is 0.422 e. The van der Waals surface area contributed by atoms with Crippen molar-refractivity contribution in [3.63, 3.8) is 0 Å². The molecule has 0 aliphatic carbocycles. The minimum absolute atomic E-state index is 0.0606. The van der Waals surface area contributed by atoms with Gasteiger partial charge >= 0.3 is 24.4 Å². The highest BCUT2D eigenvalue weighted by molar-refractivity contribution is 5.54. The summed E-state index contributed by atoms with van der Waals surface area (Å²) in [5.41, 5.74) is 0.289. The van der Waals surface area contributed by atoms with Crippen LogP contribution in [0.1, 0.15) is 0 Å². The average molecular weight is 384 g/mol. The molecule has 1 aromatic heterocycles. The number of halogens is 6. The maximum absolute atomic E-state index is 12.2. The van der Waals surface area contributed by atoms with Gasteiger partial charge in [-0.1, -0.05) is 0 Å². The Morgan fingerprint density at radius 3 is 1.69 bits per heavy atom. The molecule has 142 valence electrons. The molecular weight excluding hydrogens is 374 g/mol. The van der Waals surface area contributed by atoms with Gasteiger partial charge in [0, 0.05) is 5.69 Å². The summed E-state index contributed by atoms with van der Waals surface area (Å²) >= 11 is 0. The van der Waals surface area contributed by atoms with Gasteiger partial charge in [-0.25, -0.2) is 0 Å². The lowest BCUT2D eigenvalue weighted by Crippen LogP contribution is -2.22. The summed E-state index contributed by atoms with van der Waals surface area (Å²) in [5, 5.41) is 11.7. The number of phenolic OH excluding ortho intramolecular Hbond substituents is 1. The van der Waals surface area contributed by atoms with Gasteiger partial charge in [0.1, 0.15) is 5.75 Å². The first-order chi connectivity index (χ1) is 12.0. The molecule has 0 radical (unpaired) electrons. The van der Waals surface area contributed by atoms with Crippen LogP contribution in [-0.2, 0) is 0 Å². The number of aromatic hydroxyl groups is 1. The van der Waals surface area contributed by atoms with Gasteiger partial charge in [0.15, 0.2) is 13.2 Å². The lowest BCUT2D eigenvalue weighted by atomic mass is 10.3. The van der Waals surface area contributed by atoms with Crippen LogP contribution in [0, 0.1) is 0 Å². The second-order valence-electron chi connectivity index (χ2n) is 4.70. The van der Waals surface area contributed by atoms with E-state index in [1.807, 2.05) is 0 Å². The van der Waals surface area contributed by atoms with Crippen LogP contribution in [0.5, 0.6) is 17.8 Å². The summed E-state index contributed by atoms with van der Waals surface area (Å²) in [6.07, 6.45) is -9.41. The Kier molecular flexibility index (Phi) is 5.57. The third kappa shape index (κ3) is 6.86. The van der Waals surface area contributed by atoms with Gasteiger partial charge in [-0.05, 0) is 24.3 Å².